The molecule has 1 saturated heterocycles. The lowest BCUT2D eigenvalue weighted by Crippen LogP contribution is -2.49. The molecule has 1 rings (SSSR count). The zero-order valence-electron chi connectivity index (χ0n) is 14.9. The first-order valence-electron chi connectivity index (χ1n) is 8.40. The molecule has 0 aromatic rings. The molecule has 0 aliphatic carbocycles. The number of methoxy groups -OCH3 is 1. The number of hydrogen-bond donors (Lipinski definition) is 3. The summed E-state index contributed by atoms with van der Waals surface area (Å²) in [4.78, 5) is 36.0. The van der Waals surface area contributed by atoms with Crippen molar-refractivity contribution in [3.8, 4) is 0 Å². The van der Waals surface area contributed by atoms with Gasteiger partial charge in [0.2, 0.25) is 11.8 Å². The fourth-order valence-electron chi connectivity index (χ4n) is 2.32. The molecular weight excluding hydrogens is 314 g/mol. The number of carbonyl (C=O) groups excluding carboxylic acids is 3. The van der Waals surface area contributed by atoms with Crippen molar-refractivity contribution >= 4 is 17.8 Å². The minimum Gasteiger partial charge on any atom is -0.465 e. The highest BCUT2D eigenvalue weighted by molar-refractivity contribution is 5.97. The highest BCUT2D eigenvalue weighted by Crippen LogP contribution is 2.14. The highest BCUT2D eigenvalue weighted by atomic mass is 16.5. The maximum atomic E-state index is 12.3. The van der Waals surface area contributed by atoms with E-state index in [1.54, 1.807) is 14.0 Å². The third kappa shape index (κ3) is 6.84. The zero-order chi connectivity index (χ0) is 18.1. The average Bonchev–Trinajstić information content (AvgIpc) is 3.31. The van der Waals surface area contributed by atoms with E-state index >= 15 is 0 Å². The van der Waals surface area contributed by atoms with Gasteiger partial charge in [0.1, 0.15) is 18.1 Å². The van der Waals surface area contributed by atoms with Crippen LogP contribution in [0.2, 0.25) is 0 Å². The van der Waals surface area contributed by atoms with E-state index in [-0.39, 0.29) is 24.3 Å². The van der Waals surface area contributed by atoms with E-state index in [1.807, 2.05) is 13.8 Å². The van der Waals surface area contributed by atoms with Crippen LogP contribution in [0.5, 0.6) is 0 Å². The summed E-state index contributed by atoms with van der Waals surface area (Å²) in [7, 11) is 1.60. The molecule has 0 bridgehead atoms. The molecule has 2 amide bonds. The van der Waals surface area contributed by atoms with Crippen molar-refractivity contribution in [3.63, 3.8) is 0 Å². The molecule has 0 aromatic heterocycles. The van der Waals surface area contributed by atoms with Crippen molar-refractivity contribution < 1.29 is 23.9 Å². The van der Waals surface area contributed by atoms with E-state index in [9.17, 15) is 14.4 Å². The standard InChI is InChI=1S/C16H29N3O5/c1-5-24-16(22)13-12(19-13)15(21)18-11(9-10(2)3)14(20)17-7-6-8-23-4/h10-13,19H,5-9H2,1-4H3,(H,17,20)(H,18,21)/t11-,12-,13-/m0/s1. The number of nitrogens with one attached hydrogen (secondary N) is 3. The highest BCUT2D eigenvalue weighted by Gasteiger charge is 2.49. The molecule has 8 heteroatoms. The Balaban J connectivity index is 2.49. The minimum absolute atomic E-state index is 0.221. The third-order valence-electron chi connectivity index (χ3n) is 3.57. The van der Waals surface area contributed by atoms with Crippen molar-refractivity contribution in [1.82, 2.24) is 16.0 Å². The first kappa shape index (κ1) is 20.4. The Morgan fingerprint density at radius 1 is 1.21 bits per heavy atom. The predicted octanol–water partition coefficient (Wildman–Crippen LogP) is -0.426. The number of carbonyl (C=O) groups is 3. The van der Waals surface area contributed by atoms with Gasteiger partial charge < -0.3 is 20.1 Å². The second kappa shape index (κ2) is 10.2. The smallest absolute Gasteiger partial charge is 0.325 e. The van der Waals surface area contributed by atoms with E-state index in [2.05, 4.69) is 16.0 Å². The van der Waals surface area contributed by atoms with Crippen LogP contribution in [-0.4, -0.2) is 62.8 Å². The maximum Gasteiger partial charge on any atom is 0.325 e. The Kier molecular flexibility index (Phi) is 8.70. The Hall–Kier alpha value is -1.67. The molecule has 0 aromatic carbocycles. The number of amides is 2. The summed E-state index contributed by atoms with van der Waals surface area (Å²) in [5.74, 6) is -0.776. The molecule has 0 radical (unpaired) electrons. The molecule has 1 heterocycles. The normalized spacial score (nSPS) is 20.4. The van der Waals surface area contributed by atoms with Gasteiger partial charge in [-0.2, -0.15) is 0 Å². The first-order valence-corrected chi connectivity index (χ1v) is 8.40. The van der Waals surface area contributed by atoms with E-state index < -0.39 is 24.1 Å². The van der Waals surface area contributed by atoms with Crippen molar-refractivity contribution in [1.29, 1.82) is 0 Å². The Bertz CT molecular complexity index is 441. The van der Waals surface area contributed by atoms with E-state index in [0.717, 1.165) is 0 Å². The van der Waals surface area contributed by atoms with Crippen LogP contribution in [0.15, 0.2) is 0 Å². The van der Waals surface area contributed by atoms with Crippen LogP contribution in [0, 0.1) is 5.92 Å². The minimum atomic E-state index is -0.625. The second-order valence-corrected chi connectivity index (χ2v) is 6.20. The van der Waals surface area contributed by atoms with Crippen molar-refractivity contribution in [2.24, 2.45) is 5.92 Å². The van der Waals surface area contributed by atoms with Gasteiger partial charge in [-0.25, -0.2) is 0 Å². The molecule has 1 aliphatic rings. The van der Waals surface area contributed by atoms with Gasteiger partial charge in [-0.15, -0.1) is 0 Å². The molecule has 8 nitrogen and oxygen atoms in total. The Morgan fingerprint density at radius 2 is 1.92 bits per heavy atom. The van der Waals surface area contributed by atoms with E-state index in [4.69, 9.17) is 9.47 Å². The lowest BCUT2D eigenvalue weighted by molar-refractivity contribution is -0.143. The number of hydrogen-bond acceptors (Lipinski definition) is 6. The number of rotatable bonds is 11. The first-order chi connectivity index (χ1) is 11.4. The largest absolute Gasteiger partial charge is 0.465 e. The van der Waals surface area contributed by atoms with Gasteiger partial charge >= 0.3 is 5.97 Å². The fourth-order valence-corrected chi connectivity index (χ4v) is 2.32. The van der Waals surface area contributed by atoms with Gasteiger partial charge in [0.05, 0.1) is 6.61 Å². The van der Waals surface area contributed by atoms with Gasteiger partial charge in [0, 0.05) is 20.3 Å². The van der Waals surface area contributed by atoms with E-state index in [0.29, 0.717) is 26.0 Å². The lowest BCUT2D eigenvalue weighted by Gasteiger charge is -2.20. The zero-order valence-corrected chi connectivity index (χ0v) is 14.9. The average molecular weight is 343 g/mol. The van der Waals surface area contributed by atoms with Gasteiger partial charge in [0.15, 0.2) is 0 Å². The molecule has 0 saturated carbocycles. The van der Waals surface area contributed by atoms with Crippen molar-refractivity contribution in [2.45, 2.75) is 51.7 Å². The van der Waals surface area contributed by atoms with Crippen LogP contribution >= 0.6 is 0 Å². The summed E-state index contributed by atoms with van der Waals surface area (Å²) in [5.41, 5.74) is 0. The van der Waals surface area contributed by atoms with Crippen LogP contribution in [0.25, 0.3) is 0 Å². The molecule has 24 heavy (non-hydrogen) atoms. The molecule has 1 fully saturated rings. The summed E-state index contributed by atoms with van der Waals surface area (Å²) < 4.78 is 9.80. The van der Waals surface area contributed by atoms with Gasteiger partial charge in [-0.3, -0.25) is 19.7 Å². The van der Waals surface area contributed by atoms with Gasteiger partial charge in [-0.05, 0) is 25.7 Å². The third-order valence-corrected chi connectivity index (χ3v) is 3.57. The molecule has 138 valence electrons. The quantitative estimate of drug-likeness (QED) is 0.266. The number of esters is 1. The molecule has 3 N–H and O–H groups in total. The molecule has 0 spiro atoms. The predicted molar refractivity (Wildman–Crippen MR) is 88.2 cm³/mol. The topological polar surface area (TPSA) is 116 Å². The second-order valence-electron chi connectivity index (χ2n) is 6.20. The van der Waals surface area contributed by atoms with Crippen LogP contribution < -0.4 is 16.0 Å². The Labute approximate surface area is 143 Å². The summed E-state index contributed by atoms with van der Waals surface area (Å²) >= 11 is 0. The van der Waals surface area contributed by atoms with Crippen molar-refractivity contribution in [3.05, 3.63) is 0 Å². The SMILES string of the molecule is CCOC(=O)[C@H]1N[C@@H]1C(=O)N[C@@H](CC(C)C)C(=O)NCCCOC. The summed E-state index contributed by atoms with van der Waals surface area (Å²) in [5, 5.41) is 8.30. The van der Waals surface area contributed by atoms with Crippen LogP contribution in [0.3, 0.4) is 0 Å². The maximum absolute atomic E-state index is 12.3. The monoisotopic (exact) mass is 343 g/mol. The van der Waals surface area contributed by atoms with Crippen molar-refractivity contribution in [2.75, 3.05) is 26.9 Å². The van der Waals surface area contributed by atoms with Crippen LogP contribution in [0.4, 0.5) is 0 Å². The molecule has 1 aliphatic heterocycles. The van der Waals surface area contributed by atoms with Crippen LogP contribution in [-0.2, 0) is 23.9 Å². The van der Waals surface area contributed by atoms with E-state index in [1.165, 1.54) is 0 Å². The lowest BCUT2D eigenvalue weighted by atomic mass is 10.0. The van der Waals surface area contributed by atoms with Crippen LogP contribution in [0.1, 0.15) is 33.6 Å². The molecular formula is C16H29N3O5. The number of ether oxygens (including phenoxy) is 2. The molecule has 3 atom stereocenters. The summed E-state index contributed by atoms with van der Waals surface area (Å²) in [6.07, 6.45) is 1.23. The summed E-state index contributed by atoms with van der Waals surface area (Å²) in [6, 6.07) is -1.86. The van der Waals surface area contributed by atoms with Gasteiger partial charge in [-0.1, -0.05) is 13.8 Å². The van der Waals surface area contributed by atoms with Gasteiger partial charge in [0.25, 0.3) is 0 Å². The Morgan fingerprint density at radius 3 is 2.50 bits per heavy atom. The molecule has 0 unspecified atom stereocenters. The summed E-state index contributed by atoms with van der Waals surface area (Å²) in [6.45, 7) is 6.99. The fraction of sp³-hybridized carbons (Fsp3) is 0.812.